The molecule has 1 N–H and O–H groups in total. The van der Waals surface area contributed by atoms with Gasteiger partial charge >= 0.3 is 0 Å². The maximum absolute atomic E-state index is 12.4. The van der Waals surface area contributed by atoms with Crippen LogP contribution in [-0.2, 0) is 0 Å². The number of halogens is 1. The molecule has 0 atom stereocenters. The predicted octanol–water partition coefficient (Wildman–Crippen LogP) is 3.42. The molecule has 0 unspecified atom stereocenters. The largest absolute Gasteiger partial charge is 0.378 e. The molecule has 1 aromatic carbocycles. The predicted molar refractivity (Wildman–Crippen MR) is 84.8 cm³/mol. The van der Waals surface area contributed by atoms with E-state index in [9.17, 15) is 4.79 Å². The van der Waals surface area contributed by atoms with Gasteiger partial charge < -0.3 is 10.2 Å². The highest BCUT2D eigenvalue weighted by Gasteiger charge is 2.32. The Hall–Kier alpha value is -1.22. The molecule has 0 spiro atoms. The third kappa shape index (κ3) is 3.45. The van der Waals surface area contributed by atoms with Crippen molar-refractivity contribution in [3.05, 3.63) is 29.8 Å². The summed E-state index contributed by atoms with van der Waals surface area (Å²) in [6.45, 7) is 0. The molecular formula is C16H23ClN2O. The Morgan fingerprint density at radius 1 is 1.20 bits per heavy atom. The van der Waals surface area contributed by atoms with Gasteiger partial charge in [0.05, 0.1) is 5.54 Å². The minimum atomic E-state index is -0.211. The fraction of sp³-hybridized carbons (Fsp3) is 0.562. The van der Waals surface area contributed by atoms with Crippen molar-refractivity contribution in [2.75, 3.05) is 24.9 Å². The maximum atomic E-state index is 12.4. The van der Waals surface area contributed by atoms with Crippen molar-refractivity contribution in [3.63, 3.8) is 0 Å². The first-order chi connectivity index (χ1) is 9.56. The molecule has 3 nitrogen and oxygen atoms in total. The second kappa shape index (κ2) is 6.49. The first-order valence-corrected chi connectivity index (χ1v) is 7.76. The van der Waals surface area contributed by atoms with Gasteiger partial charge in [-0.15, -0.1) is 11.6 Å². The first kappa shape index (κ1) is 15.2. The van der Waals surface area contributed by atoms with Gasteiger partial charge in [0, 0.05) is 31.2 Å². The fourth-order valence-corrected chi connectivity index (χ4v) is 3.08. The Balaban J connectivity index is 2.06. The van der Waals surface area contributed by atoms with Crippen molar-refractivity contribution < 1.29 is 4.79 Å². The molecule has 0 bridgehead atoms. The molecule has 1 amide bonds. The van der Waals surface area contributed by atoms with Gasteiger partial charge in [-0.25, -0.2) is 0 Å². The second-order valence-corrected chi connectivity index (χ2v) is 6.14. The lowest BCUT2D eigenvalue weighted by Crippen LogP contribution is -2.51. The monoisotopic (exact) mass is 294 g/mol. The Kier molecular flexibility index (Phi) is 4.92. The smallest absolute Gasteiger partial charge is 0.251 e. The molecule has 1 aliphatic rings. The number of nitrogens with one attached hydrogen (secondary N) is 1. The summed E-state index contributed by atoms with van der Waals surface area (Å²) in [4.78, 5) is 14.4. The quantitative estimate of drug-likeness (QED) is 0.863. The molecule has 1 aromatic rings. The van der Waals surface area contributed by atoms with Crippen LogP contribution in [0, 0.1) is 0 Å². The highest BCUT2D eigenvalue weighted by molar-refractivity contribution is 6.19. The first-order valence-electron chi connectivity index (χ1n) is 7.22. The van der Waals surface area contributed by atoms with E-state index in [2.05, 4.69) is 5.32 Å². The van der Waals surface area contributed by atoms with Gasteiger partial charge in [-0.2, -0.15) is 0 Å². The average molecular weight is 295 g/mol. The third-order valence-corrected chi connectivity index (χ3v) is 4.60. The summed E-state index contributed by atoms with van der Waals surface area (Å²) in [6.07, 6.45) is 5.50. The van der Waals surface area contributed by atoms with Crippen molar-refractivity contribution in [3.8, 4) is 0 Å². The summed E-state index contributed by atoms with van der Waals surface area (Å²) in [5, 5.41) is 3.16. The summed E-state index contributed by atoms with van der Waals surface area (Å²) >= 11 is 6.11. The van der Waals surface area contributed by atoms with Crippen molar-refractivity contribution in [2.24, 2.45) is 0 Å². The van der Waals surface area contributed by atoms with E-state index in [-0.39, 0.29) is 11.4 Å². The molecule has 0 saturated heterocycles. The lowest BCUT2D eigenvalue weighted by molar-refractivity contribution is 0.0885. The second-order valence-electron chi connectivity index (χ2n) is 5.87. The van der Waals surface area contributed by atoms with Crippen LogP contribution in [0.25, 0.3) is 0 Å². The van der Waals surface area contributed by atoms with Gasteiger partial charge in [-0.1, -0.05) is 19.3 Å². The molecule has 1 saturated carbocycles. The van der Waals surface area contributed by atoms with Gasteiger partial charge in [0.15, 0.2) is 0 Å². The zero-order valence-electron chi connectivity index (χ0n) is 12.3. The molecule has 110 valence electrons. The van der Waals surface area contributed by atoms with Crippen molar-refractivity contribution in [1.29, 1.82) is 0 Å². The molecule has 0 heterocycles. The number of carbonyl (C=O) groups is 1. The summed E-state index contributed by atoms with van der Waals surface area (Å²) in [6, 6.07) is 7.66. The van der Waals surface area contributed by atoms with E-state index in [1.54, 1.807) is 0 Å². The van der Waals surface area contributed by atoms with Crippen LogP contribution in [0.4, 0.5) is 5.69 Å². The zero-order valence-corrected chi connectivity index (χ0v) is 13.0. The van der Waals surface area contributed by atoms with Crippen LogP contribution in [0.1, 0.15) is 42.5 Å². The zero-order chi connectivity index (χ0) is 14.6. The molecule has 2 rings (SSSR count). The third-order valence-electron chi connectivity index (χ3n) is 4.09. The molecule has 1 aliphatic carbocycles. The van der Waals surface area contributed by atoms with E-state index in [1.165, 1.54) is 6.42 Å². The van der Waals surface area contributed by atoms with Crippen molar-refractivity contribution >= 4 is 23.2 Å². The van der Waals surface area contributed by atoms with Gasteiger partial charge in [-0.05, 0) is 37.1 Å². The molecule has 0 aliphatic heterocycles. The van der Waals surface area contributed by atoms with Crippen LogP contribution in [0.15, 0.2) is 24.3 Å². The number of benzene rings is 1. The van der Waals surface area contributed by atoms with Gasteiger partial charge in [0.2, 0.25) is 0 Å². The van der Waals surface area contributed by atoms with Crippen LogP contribution in [-0.4, -0.2) is 31.4 Å². The number of hydrogen-bond acceptors (Lipinski definition) is 2. The number of amides is 1. The topological polar surface area (TPSA) is 32.3 Å². The number of alkyl halides is 1. The Morgan fingerprint density at radius 3 is 2.30 bits per heavy atom. The van der Waals surface area contributed by atoms with Crippen LogP contribution in [0.2, 0.25) is 0 Å². The van der Waals surface area contributed by atoms with E-state index in [0.29, 0.717) is 11.4 Å². The standard InChI is InChI=1S/C16H23ClN2O/c1-19(2)14-8-6-13(7-9-14)15(20)18-16(12-17)10-4-3-5-11-16/h6-9H,3-5,10-12H2,1-2H3,(H,18,20). The number of nitrogens with zero attached hydrogens (tertiary/aromatic N) is 1. The highest BCUT2D eigenvalue weighted by atomic mass is 35.5. The summed E-state index contributed by atoms with van der Waals surface area (Å²) in [5.41, 5.74) is 1.58. The molecular weight excluding hydrogens is 272 g/mol. The lowest BCUT2D eigenvalue weighted by atomic mass is 9.83. The number of carbonyl (C=O) groups excluding carboxylic acids is 1. The maximum Gasteiger partial charge on any atom is 0.251 e. The minimum Gasteiger partial charge on any atom is -0.378 e. The van der Waals surface area contributed by atoms with Crippen LogP contribution >= 0.6 is 11.6 Å². The molecule has 20 heavy (non-hydrogen) atoms. The van der Waals surface area contributed by atoms with Gasteiger partial charge in [0.25, 0.3) is 5.91 Å². The Bertz CT molecular complexity index is 450. The summed E-state index contributed by atoms with van der Waals surface area (Å²) < 4.78 is 0. The van der Waals surface area contributed by atoms with Crippen molar-refractivity contribution in [2.45, 2.75) is 37.6 Å². The summed E-state index contributed by atoms with van der Waals surface area (Å²) in [5.74, 6) is 0.479. The van der Waals surface area contributed by atoms with Crippen LogP contribution in [0.3, 0.4) is 0 Å². The number of rotatable bonds is 4. The fourth-order valence-electron chi connectivity index (χ4n) is 2.74. The highest BCUT2D eigenvalue weighted by Crippen LogP contribution is 2.29. The van der Waals surface area contributed by atoms with E-state index in [4.69, 9.17) is 11.6 Å². The van der Waals surface area contributed by atoms with Crippen molar-refractivity contribution in [1.82, 2.24) is 5.32 Å². The minimum absolute atomic E-state index is 0.0159. The van der Waals surface area contributed by atoms with Crippen LogP contribution in [0.5, 0.6) is 0 Å². The molecule has 4 heteroatoms. The van der Waals surface area contributed by atoms with E-state index in [0.717, 1.165) is 31.4 Å². The van der Waals surface area contributed by atoms with Gasteiger partial charge in [-0.3, -0.25) is 4.79 Å². The lowest BCUT2D eigenvalue weighted by Gasteiger charge is -2.36. The van der Waals surface area contributed by atoms with E-state index >= 15 is 0 Å². The Morgan fingerprint density at radius 2 is 1.80 bits per heavy atom. The molecule has 1 fully saturated rings. The summed E-state index contributed by atoms with van der Waals surface area (Å²) in [7, 11) is 3.97. The molecule has 0 radical (unpaired) electrons. The van der Waals surface area contributed by atoms with Crippen LogP contribution < -0.4 is 10.2 Å². The van der Waals surface area contributed by atoms with E-state index in [1.807, 2.05) is 43.3 Å². The number of anilines is 1. The average Bonchev–Trinajstić information content (AvgIpc) is 2.48. The normalized spacial score (nSPS) is 17.6. The SMILES string of the molecule is CN(C)c1ccc(C(=O)NC2(CCl)CCCCC2)cc1. The van der Waals surface area contributed by atoms with Gasteiger partial charge in [0.1, 0.15) is 0 Å². The number of hydrogen-bond donors (Lipinski definition) is 1. The van der Waals surface area contributed by atoms with E-state index < -0.39 is 0 Å². The Labute approximate surface area is 126 Å². The molecule has 0 aromatic heterocycles.